The molecule has 3 aromatic rings. The first kappa shape index (κ1) is 27.5. The highest BCUT2D eigenvalue weighted by Gasteiger charge is 2.24. The Morgan fingerprint density at radius 3 is 2.19 bits per heavy atom. The number of carbonyl (C=O) groups excluding carboxylic acids is 1. The maximum Gasteiger partial charge on any atom is 0.376 e. The van der Waals surface area contributed by atoms with Crippen molar-refractivity contribution in [1.82, 2.24) is 0 Å². The minimum absolute atomic E-state index is 0.0334. The van der Waals surface area contributed by atoms with Gasteiger partial charge < -0.3 is 0 Å². The second kappa shape index (κ2) is 14.5. The normalized spacial score (nSPS) is 11.0. The molecule has 0 aliphatic rings. The summed E-state index contributed by atoms with van der Waals surface area (Å²) >= 11 is 0. The molecule has 0 fully saturated rings. The lowest BCUT2D eigenvalue weighted by Crippen LogP contribution is -2.10. The molecule has 0 aliphatic heterocycles. The summed E-state index contributed by atoms with van der Waals surface area (Å²) in [6.45, 7) is 4.49. The fourth-order valence-electron chi connectivity index (χ4n) is 4.23. The van der Waals surface area contributed by atoms with E-state index in [4.69, 9.17) is 9.78 Å². The minimum Gasteiger partial charge on any atom is -0.293 e. The lowest BCUT2D eigenvalue weighted by molar-refractivity contribution is -0.241. The molecular weight excluding hydrogens is 458 g/mol. The quantitative estimate of drug-likeness (QED) is 0.127. The lowest BCUT2D eigenvalue weighted by atomic mass is 9.91. The molecule has 0 bridgehead atoms. The first-order chi connectivity index (χ1) is 17.6. The van der Waals surface area contributed by atoms with Gasteiger partial charge in [0.15, 0.2) is 0 Å². The molecule has 0 amide bonds. The van der Waals surface area contributed by atoms with Crippen LogP contribution in [-0.2, 0) is 16.2 Å². The van der Waals surface area contributed by atoms with Gasteiger partial charge in [0.2, 0.25) is 0 Å². The van der Waals surface area contributed by atoms with Crippen molar-refractivity contribution in [3.63, 3.8) is 0 Å². The Hall–Kier alpha value is -3.05. The van der Waals surface area contributed by atoms with Crippen LogP contribution in [-0.4, -0.2) is 12.6 Å². The van der Waals surface area contributed by atoms with Gasteiger partial charge in [-0.2, -0.15) is 4.89 Å². The van der Waals surface area contributed by atoms with Crippen LogP contribution in [0.3, 0.4) is 0 Å². The van der Waals surface area contributed by atoms with Crippen LogP contribution in [0.5, 0.6) is 0 Å². The minimum atomic E-state index is -0.931. The summed E-state index contributed by atoms with van der Waals surface area (Å²) in [5.74, 6) is -2.28. The van der Waals surface area contributed by atoms with E-state index >= 15 is 8.78 Å². The van der Waals surface area contributed by atoms with Crippen molar-refractivity contribution in [3.05, 3.63) is 83.4 Å². The van der Waals surface area contributed by atoms with Crippen molar-refractivity contribution in [1.29, 1.82) is 0 Å². The van der Waals surface area contributed by atoms with E-state index in [1.165, 1.54) is 31.4 Å². The van der Waals surface area contributed by atoms with Gasteiger partial charge in [-0.15, -0.1) is 0 Å². The van der Waals surface area contributed by atoms with E-state index in [1.807, 2.05) is 36.4 Å². The van der Waals surface area contributed by atoms with Crippen LogP contribution in [0.1, 0.15) is 81.1 Å². The summed E-state index contributed by atoms with van der Waals surface area (Å²) in [7, 11) is 0. The molecular formula is C31H36F2O3. The van der Waals surface area contributed by atoms with Crippen LogP contribution in [0, 0.1) is 11.6 Å². The molecule has 192 valence electrons. The molecule has 0 N–H and O–H groups in total. The molecule has 0 atom stereocenters. The first-order valence-electron chi connectivity index (χ1n) is 13.1. The van der Waals surface area contributed by atoms with Crippen LogP contribution < -0.4 is 0 Å². The predicted octanol–water partition coefficient (Wildman–Crippen LogP) is 9.09. The topological polar surface area (TPSA) is 35.5 Å². The molecule has 3 nitrogen and oxygen atoms in total. The first-order valence-corrected chi connectivity index (χ1v) is 13.1. The van der Waals surface area contributed by atoms with E-state index in [9.17, 15) is 4.79 Å². The fraction of sp³-hybridized carbons (Fsp3) is 0.387. The highest BCUT2D eigenvalue weighted by Crippen LogP contribution is 2.37. The number of halogens is 2. The average molecular weight is 495 g/mol. The van der Waals surface area contributed by atoms with Crippen LogP contribution >= 0.6 is 0 Å². The average Bonchev–Trinajstić information content (AvgIpc) is 2.89. The molecule has 36 heavy (non-hydrogen) atoms. The Morgan fingerprint density at radius 2 is 1.47 bits per heavy atom. The maximum absolute atomic E-state index is 15.9. The van der Waals surface area contributed by atoms with Gasteiger partial charge in [0.05, 0.1) is 12.2 Å². The zero-order chi connectivity index (χ0) is 25.8. The molecule has 5 heteroatoms. The summed E-state index contributed by atoms with van der Waals surface area (Å²) in [6, 6.07) is 17.0. The molecule has 0 spiro atoms. The molecule has 0 saturated carbocycles. The summed E-state index contributed by atoms with van der Waals surface area (Å²) < 4.78 is 31.1. The number of rotatable bonds is 14. The predicted molar refractivity (Wildman–Crippen MR) is 141 cm³/mol. The Labute approximate surface area is 213 Å². The van der Waals surface area contributed by atoms with Crippen LogP contribution in [0.4, 0.5) is 8.78 Å². The van der Waals surface area contributed by atoms with E-state index in [2.05, 4.69) is 13.8 Å². The highest BCUT2D eigenvalue weighted by molar-refractivity contribution is 5.95. The van der Waals surface area contributed by atoms with Gasteiger partial charge in [0.25, 0.3) is 0 Å². The summed E-state index contributed by atoms with van der Waals surface area (Å²) in [6.07, 6.45) is 9.10. The van der Waals surface area contributed by atoms with E-state index in [0.29, 0.717) is 5.56 Å². The zero-order valence-corrected chi connectivity index (χ0v) is 21.3. The standard InChI is InChI=1S/C31H36F2O3/c1-3-5-7-8-9-13-21-35-36-31(34)27-20-19-25(24-15-11-10-12-16-24)29(30(27)33)26-18-17-23(14-6-4-2)22-28(26)32/h10-12,15-20,22H,3-9,13-14,21H2,1-2H3. The second-order valence-corrected chi connectivity index (χ2v) is 9.09. The smallest absolute Gasteiger partial charge is 0.293 e. The number of aryl methyl sites for hydroxylation is 1. The Balaban J connectivity index is 1.84. The van der Waals surface area contributed by atoms with Crippen molar-refractivity contribution < 1.29 is 23.4 Å². The van der Waals surface area contributed by atoms with Gasteiger partial charge in [-0.25, -0.2) is 13.6 Å². The molecule has 0 radical (unpaired) electrons. The summed E-state index contributed by atoms with van der Waals surface area (Å²) in [5, 5.41) is 0. The van der Waals surface area contributed by atoms with Crippen LogP contribution in [0.2, 0.25) is 0 Å². The Kier molecular flexibility index (Phi) is 11.1. The van der Waals surface area contributed by atoms with E-state index < -0.39 is 17.6 Å². The third kappa shape index (κ3) is 7.47. The number of hydrogen-bond acceptors (Lipinski definition) is 3. The van der Waals surface area contributed by atoms with Gasteiger partial charge in [-0.1, -0.05) is 101 Å². The molecule has 0 unspecified atom stereocenters. The molecule has 0 saturated heterocycles. The SMILES string of the molecule is CCCCCCCCOOC(=O)c1ccc(-c2ccccc2)c(-c2ccc(CCCC)cc2F)c1F. The number of hydrogen-bond donors (Lipinski definition) is 0. The fourth-order valence-corrected chi connectivity index (χ4v) is 4.23. The van der Waals surface area contributed by atoms with E-state index in [-0.39, 0.29) is 23.3 Å². The molecule has 3 rings (SSSR count). The van der Waals surface area contributed by atoms with Gasteiger partial charge >= 0.3 is 5.97 Å². The zero-order valence-electron chi connectivity index (χ0n) is 21.3. The largest absolute Gasteiger partial charge is 0.376 e. The van der Waals surface area contributed by atoms with Crippen molar-refractivity contribution in [2.24, 2.45) is 0 Å². The Morgan fingerprint density at radius 1 is 0.778 bits per heavy atom. The molecule has 3 aromatic carbocycles. The van der Waals surface area contributed by atoms with Crippen molar-refractivity contribution >= 4 is 5.97 Å². The third-order valence-electron chi connectivity index (χ3n) is 6.28. The monoisotopic (exact) mass is 494 g/mol. The third-order valence-corrected chi connectivity index (χ3v) is 6.28. The van der Waals surface area contributed by atoms with Crippen molar-refractivity contribution in [2.75, 3.05) is 6.61 Å². The highest BCUT2D eigenvalue weighted by atomic mass is 19.1. The van der Waals surface area contributed by atoms with E-state index in [1.54, 1.807) is 12.1 Å². The summed E-state index contributed by atoms with van der Waals surface area (Å²) in [5.41, 5.74) is 1.93. The lowest BCUT2D eigenvalue weighted by Gasteiger charge is -2.15. The van der Waals surface area contributed by atoms with Crippen LogP contribution in [0.25, 0.3) is 22.3 Å². The number of unbranched alkanes of at least 4 members (excludes halogenated alkanes) is 6. The van der Waals surface area contributed by atoms with Crippen molar-refractivity contribution in [3.8, 4) is 22.3 Å². The second-order valence-electron chi connectivity index (χ2n) is 9.09. The number of carbonyl (C=O) groups is 1. The molecule has 0 aromatic heterocycles. The van der Waals surface area contributed by atoms with Gasteiger partial charge in [-0.3, -0.25) is 4.89 Å². The Bertz CT molecular complexity index is 1110. The maximum atomic E-state index is 15.9. The van der Waals surface area contributed by atoms with E-state index in [0.717, 1.165) is 49.7 Å². The van der Waals surface area contributed by atoms with Crippen molar-refractivity contribution in [2.45, 2.75) is 71.6 Å². The molecule has 0 aliphatic carbocycles. The number of benzene rings is 3. The summed E-state index contributed by atoms with van der Waals surface area (Å²) in [4.78, 5) is 22.6. The van der Waals surface area contributed by atoms with Gasteiger partial charge in [0.1, 0.15) is 11.6 Å². The van der Waals surface area contributed by atoms with Gasteiger partial charge in [-0.05, 0) is 48.1 Å². The van der Waals surface area contributed by atoms with Crippen LogP contribution in [0.15, 0.2) is 60.7 Å². The molecule has 0 heterocycles. The van der Waals surface area contributed by atoms with Gasteiger partial charge in [0, 0.05) is 11.1 Å².